The van der Waals surface area contributed by atoms with Crippen LogP contribution in [0.3, 0.4) is 0 Å². The summed E-state index contributed by atoms with van der Waals surface area (Å²) in [6, 6.07) is 0. The summed E-state index contributed by atoms with van der Waals surface area (Å²) in [5.41, 5.74) is 0. The number of aliphatic hydroxyl groups excluding tert-OH is 7. The van der Waals surface area contributed by atoms with Gasteiger partial charge in [-0.05, 0) is 0 Å². The van der Waals surface area contributed by atoms with Gasteiger partial charge in [0.15, 0.2) is 12.6 Å². The van der Waals surface area contributed by atoms with Gasteiger partial charge in [-0.15, -0.1) is 6.58 Å². The lowest BCUT2D eigenvalue weighted by Crippen LogP contribution is -2.64. The van der Waals surface area contributed by atoms with E-state index < -0.39 is 74.6 Å². The molecule has 2 rings (SSSR count). The van der Waals surface area contributed by atoms with Gasteiger partial charge in [0.05, 0.1) is 19.8 Å². The zero-order chi connectivity index (χ0) is 19.4. The van der Waals surface area contributed by atoms with Crippen LogP contribution in [0.1, 0.15) is 0 Å². The van der Waals surface area contributed by atoms with Crippen molar-refractivity contribution in [2.24, 2.45) is 0 Å². The van der Waals surface area contributed by atoms with Gasteiger partial charge in [0, 0.05) is 0 Å². The summed E-state index contributed by atoms with van der Waals surface area (Å²) in [4.78, 5) is 0. The average Bonchev–Trinajstić information content (AvgIpc) is 2.64. The van der Waals surface area contributed by atoms with Gasteiger partial charge in [0.25, 0.3) is 0 Å². The summed E-state index contributed by atoms with van der Waals surface area (Å²) < 4.78 is 21.1. The molecule has 0 aromatic heterocycles. The van der Waals surface area contributed by atoms with Crippen molar-refractivity contribution in [2.75, 3.05) is 19.8 Å². The standard InChI is InChI=1S/C15H26O11/c1-2-3-23-14-12(22)10(20)13(7(5-17)25-14)26-15-11(21)9(19)8(18)6(4-16)24-15/h2,6-22H,1,3-5H2/t6-,7-,8+,9+,10-,11-,12-,13-,14-,15+/m1/s1. The van der Waals surface area contributed by atoms with Crippen LogP contribution in [0.5, 0.6) is 0 Å². The highest BCUT2D eigenvalue weighted by molar-refractivity contribution is 4.94. The molecule has 10 atom stereocenters. The lowest BCUT2D eigenvalue weighted by Gasteiger charge is -2.45. The Morgan fingerprint density at radius 2 is 1.35 bits per heavy atom. The normalized spacial score (nSPS) is 46.9. The summed E-state index contributed by atoms with van der Waals surface area (Å²) in [7, 11) is 0. The SMILES string of the molecule is C=CCO[C@@H]1O[C@H](CO)[C@@H](O[C@@H]2O[C@H](CO)[C@H](O)[C@H](O)[C@H]2O)[C@H](O)[C@H]1O. The first kappa shape index (κ1) is 21.6. The second kappa shape index (κ2) is 9.48. The highest BCUT2D eigenvalue weighted by atomic mass is 16.7. The van der Waals surface area contributed by atoms with Gasteiger partial charge in [-0.2, -0.15) is 0 Å². The third-order valence-corrected chi connectivity index (χ3v) is 4.34. The molecule has 2 aliphatic heterocycles. The van der Waals surface area contributed by atoms with Crippen LogP contribution in [0, 0.1) is 0 Å². The Hall–Kier alpha value is -0.700. The van der Waals surface area contributed by atoms with Gasteiger partial charge in [0.1, 0.15) is 48.8 Å². The van der Waals surface area contributed by atoms with Gasteiger partial charge in [-0.1, -0.05) is 6.08 Å². The van der Waals surface area contributed by atoms with Crippen LogP contribution in [-0.2, 0) is 18.9 Å². The Balaban J connectivity index is 2.10. The molecular formula is C15H26O11. The smallest absolute Gasteiger partial charge is 0.187 e. The van der Waals surface area contributed by atoms with E-state index in [1.807, 2.05) is 0 Å². The summed E-state index contributed by atoms with van der Waals surface area (Å²) >= 11 is 0. The Bertz CT molecular complexity index is 445. The minimum Gasteiger partial charge on any atom is -0.394 e. The van der Waals surface area contributed by atoms with Gasteiger partial charge in [-0.25, -0.2) is 0 Å². The molecule has 0 aromatic rings. The second-order valence-corrected chi connectivity index (χ2v) is 6.13. The molecule has 0 unspecified atom stereocenters. The quantitative estimate of drug-likeness (QED) is 0.212. The number of hydrogen-bond acceptors (Lipinski definition) is 11. The van der Waals surface area contributed by atoms with Crippen molar-refractivity contribution < 1.29 is 54.7 Å². The summed E-state index contributed by atoms with van der Waals surface area (Å²) in [6.45, 7) is 2.22. The topological polar surface area (TPSA) is 179 Å². The molecule has 0 aromatic carbocycles. The first-order valence-corrected chi connectivity index (χ1v) is 8.16. The lowest BCUT2D eigenvalue weighted by molar-refractivity contribution is -0.358. The Morgan fingerprint density at radius 3 is 1.92 bits per heavy atom. The van der Waals surface area contributed by atoms with Crippen LogP contribution in [0.15, 0.2) is 12.7 Å². The van der Waals surface area contributed by atoms with E-state index in [-0.39, 0.29) is 6.61 Å². The van der Waals surface area contributed by atoms with Gasteiger partial charge < -0.3 is 54.7 Å². The van der Waals surface area contributed by atoms with E-state index in [4.69, 9.17) is 18.9 Å². The first-order chi connectivity index (χ1) is 12.3. The molecule has 0 bridgehead atoms. The average molecular weight is 382 g/mol. The summed E-state index contributed by atoms with van der Waals surface area (Å²) in [6.07, 6.45) is -13.1. The minimum atomic E-state index is -1.70. The van der Waals surface area contributed by atoms with Crippen molar-refractivity contribution in [3.8, 4) is 0 Å². The Labute approximate surface area is 149 Å². The minimum absolute atomic E-state index is 0.0326. The van der Waals surface area contributed by atoms with Gasteiger partial charge in [-0.3, -0.25) is 0 Å². The van der Waals surface area contributed by atoms with Crippen molar-refractivity contribution in [2.45, 2.75) is 61.4 Å². The zero-order valence-electron chi connectivity index (χ0n) is 13.9. The van der Waals surface area contributed by atoms with E-state index in [0.29, 0.717) is 0 Å². The zero-order valence-corrected chi connectivity index (χ0v) is 13.9. The predicted molar refractivity (Wildman–Crippen MR) is 82.5 cm³/mol. The molecule has 26 heavy (non-hydrogen) atoms. The fourth-order valence-electron chi connectivity index (χ4n) is 2.86. The van der Waals surface area contributed by atoms with Crippen molar-refractivity contribution in [1.29, 1.82) is 0 Å². The van der Waals surface area contributed by atoms with Gasteiger partial charge in [0.2, 0.25) is 0 Å². The molecule has 0 spiro atoms. The molecule has 0 radical (unpaired) electrons. The molecule has 2 heterocycles. The van der Waals surface area contributed by atoms with E-state index in [9.17, 15) is 35.7 Å². The molecule has 2 fully saturated rings. The second-order valence-electron chi connectivity index (χ2n) is 6.13. The number of hydrogen-bond donors (Lipinski definition) is 7. The maximum atomic E-state index is 10.3. The highest BCUT2D eigenvalue weighted by Crippen LogP contribution is 2.29. The number of rotatable bonds is 7. The van der Waals surface area contributed by atoms with E-state index in [1.54, 1.807) is 0 Å². The molecule has 0 amide bonds. The fourth-order valence-corrected chi connectivity index (χ4v) is 2.86. The monoisotopic (exact) mass is 382 g/mol. The summed E-state index contributed by atoms with van der Waals surface area (Å²) in [5.74, 6) is 0. The van der Waals surface area contributed by atoms with Crippen LogP contribution in [0.4, 0.5) is 0 Å². The van der Waals surface area contributed by atoms with Crippen molar-refractivity contribution in [3.05, 3.63) is 12.7 Å². The fraction of sp³-hybridized carbons (Fsp3) is 0.867. The van der Waals surface area contributed by atoms with E-state index in [2.05, 4.69) is 6.58 Å². The van der Waals surface area contributed by atoms with Gasteiger partial charge >= 0.3 is 0 Å². The molecule has 2 aliphatic rings. The molecule has 0 aliphatic carbocycles. The van der Waals surface area contributed by atoms with E-state index in [1.165, 1.54) is 6.08 Å². The third kappa shape index (κ3) is 4.40. The largest absolute Gasteiger partial charge is 0.394 e. The lowest BCUT2D eigenvalue weighted by atomic mass is 9.97. The maximum absolute atomic E-state index is 10.3. The third-order valence-electron chi connectivity index (χ3n) is 4.34. The molecule has 7 N–H and O–H groups in total. The first-order valence-electron chi connectivity index (χ1n) is 8.16. The molecule has 152 valence electrons. The van der Waals surface area contributed by atoms with Crippen LogP contribution in [-0.4, -0.2) is 117 Å². The van der Waals surface area contributed by atoms with E-state index in [0.717, 1.165) is 0 Å². The van der Waals surface area contributed by atoms with Crippen LogP contribution >= 0.6 is 0 Å². The Kier molecular flexibility index (Phi) is 7.88. The van der Waals surface area contributed by atoms with E-state index >= 15 is 0 Å². The van der Waals surface area contributed by atoms with Crippen molar-refractivity contribution >= 4 is 0 Å². The maximum Gasteiger partial charge on any atom is 0.187 e. The predicted octanol–water partition coefficient (Wildman–Crippen LogP) is -4.19. The number of ether oxygens (including phenoxy) is 4. The Morgan fingerprint density at radius 1 is 0.769 bits per heavy atom. The summed E-state index contributed by atoms with van der Waals surface area (Å²) in [5, 5.41) is 68.6. The van der Waals surface area contributed by atoms with Crippen LogP contribution < -0.4 is 0 Å². The number of aliphatic hydroxyl groups is 7. The molecule has 0 saturated carbocycles. The van der Waals surface area contributed by atoms with Crippen LogP contribution in [0.25, 0.3) is 0 Å². The molecule has 11 nitrogen and oxygen atoms in total. The van der Waals surface area contributed by atoms with Crippen molar-refractivity contribution in [3.63, 3.8) is 0 Å². The van der Waals surface area contributed by atoms with Crippen molar-refractivity contribution in [1.82, 2.24) is 0 Å². The molecule has 2 saturated heterocycles. The molecule has 11 heteroatoms. The highest BCUT2D eigenvalue weighted by Gasteiger charge is 2.50. The molecular weight excluding hydrogens is 356 g/mol. The van der Waals surface area contributed by atoms with Crippen LogP contribution in [0.2, 0.25) is 0 Å².